The number of carbonyl (C=O) groups is 2. The maximum absolute atomic E-state index is 13.7. The molecule has 0 fully saturated rings. The Kier molecular flexibility index (Phi) is 9.42. The maximum atomic E-state index is 13.7. The number of carbonyl (C=O) groups excluding carboxylic acids is 2. The molecule has 196 valence electrons. The fourth-order valence-corrected chi connectivity index (χ4v) is 5.57. The summed E-state index contributed by atoms with van der Waals surface area (Å²) in [6, 6.07) is 18.1. The SMILES string of the molecule is CNC(=O)[C@@H](C)N(Cc1c(Cl)cccc1Cl)C(=O)CN(c1ccccc1)S(=O)(=O)c1ccc(OC)cc1. The van der Waals surface area contributed by atoms with E-state index in [2.05, 4.69) is 5.32 Å². The van der Waals surface area contributed by atoms with Crippen LogP contribution in [0.4, 0.5) is 5.69 Å². The van der Waals surface area contributed by atoms with Crippen LogP contribution in [-0.4, -0.2) is 51.9 Å². The van der Waals surface area contributed by atoms with E-state index in [-0.39, 0.29) is 17.1 Å². The number of nitrogens with zero attached hydrogens (tertiary/aromatic N) is 2. The summed E-state index contributed by atoms with van der Waals surface area (Å²) in [6.07, 6.45) is 0. The fourth-order valence-electron chi connectivity index (χ4n) is 3.64. The Labute approximate surface area is 226 Å². The molecular weight excluding hydrogens is 537 g/mol. The first kappa shape index (κ1) is 28.3. The zero-order chi connectivity index (χ0) is 27.2. The number of anilines is 1. The largest absolute Gasteiger partial charge is 0.497 e. The molecule has 0 bridgehead atoms. The van der Waals surface area contributed by atoms with E-state index in [1.54, 1.807) is 55.5 Å². The quantitative estimate of drug-likeness (QED) is 0.395. The molecule has 3 rings (SSSR count). The second-order valence-electron chi connectivity index (χ2n) is 8.03. The Morgan fingerprint density at radius 2 is 1.54 bits per heavy atom. The molecular formula is C26H27Cl2N3O5S. The molecule has 11 heteroatoms. The average molecular weight is 564 g/mol. The van der Waals surface area contributed by atoms with Crippen LogP contribution in [0.2, 0.25) is 10.0 Å². The molecule has 0 heterocycles. The molecule has 3 aromatic rings. The third kappa shape index (κ3) is 6.54. The van der Waals surface area contributed by atoms with E-state index >= 15 is 0 Å². The smallest absolute Gasteiger partial charge is 0.264 e. The van der Waals surface area contributed by atoms with Crippen LogP contribution in [0.5, 0.6) is 5.75 Å². The third-order valence-electron chi connectivity index (χ3n) is 5.77. The fraction of sp³-hybridized carbons (Fsp3) is 0.231. The Bertz CT molecular complexity index is 1330. The second-order valence-corrected chi connectivity index (χ2v) is 10.7. The Hall–Kier alpha value is -3.27. The first-order valence-corrected chi connectivity index (χ1v) is 13.5. The van der Waals surface area contributed by atoms with Gasteiger partial charge in [-0.05, 0) is 55.5 Å². The molecule has 2 amide bonds. The van der Waals surface area contributed by atoms with Gasteiger partial charge in [0, 0.05) is 29.2 Å². The van der Waals surface area contributed by atoms with E-state index in [9.17, 15) is 18.0 Å². The van der Waals surface area contributed by atoms with Gasteiger partial charge in [-0.15, -0.1) is 0 Å². The lowest BCUT2D eigenvalue weighted by molar-refractivity contribution is -0.139. The van der Waals surface area contributed by atoms with Crippen LogP contribution in [0.15, 0.2) is 77.7 Å². The minimum Gasteiger partial charge on any atom is -0.497 e. The number of nitrogens with one attached hydrogen (secondary N) is 1. The number of likely N-dealkylation sites (N-methyl/N-ethyl adjacent to an activating group) is 1. The normalized spacial score (nSPS) is 11.9. The van der Waals surface area contributed by atoms with Gasteiger partial charge in [0.15, 0.2) is 0 Å². The number of hydrogen-bond acceptors (Lipinski definition) is 5. The van der Waals surface area contributed by atoms with Crippen LogP contribution in [-0.2, 0) is 26.2 Å². The Morgan fingerprint density at radius 3 is 2.08 bits per heavy atom. The van der Waals surface area contributed by atoms with Crippen LogP contribution in [0.25, 0.3) is 0 Å². The maximum Gasteiger partial charge on any atom is 0.264 e. The summed E-state index contributed by atoms with van der Waals surface area (Å²) in [5.74, 6) is -0.558. The number of sulfonamides is 1. The van der Waals surface area contributed by atoms with Gasteiger partial charge in [0.1, 0.15) is 18.3 Å². The van der Waals surface area contributed by atoms with Gasteiger partial charge >= 0.3 is 0 Å². The van der Waals surface area contributed by atoms with E-state index in [4.69, 9.17) is 27.9 Å². The lowest BCUT2D eigenvalue weighted by Gasteiger charge is -2.32. The monoisotopic (exact) mass is 563 g/mol. The van der Waals surface area contributed by atoms with Crippen LogP contribution < -0.4 is 14.4 Å². The number of hydrogen-bond donors (Lipinski definition) is 1. The summed E-state index contributed by atoms with van der Waals surface area (Å²) >= 11 is 12.7. The number of methoxy groups -OCH3 is 1. The summed E-state index contributed by atoms with van der Waals surface area (Å²) in [7, 11) is -1.24. The van der Waals surface area contributed by atoms with Crippen molar-refractivity contribution in [2.75, 3.05) is 25.0 Å². The molecule has 0 aliphatic carbocycles. The molecule has 8 nitrogen and oxygen atoms in total. The van der Waals surface area contributed by atoms with Gasteiger partial charge in [-0.2, -0.15) is 0 Å². The lowest BCUT2D eigenvalue weighted by Crippen LogP contribution is -2.50. The molecule has 0 saturated heterocycles. The molecule has 1 atom stereocenters. The zero-order valence-electron chi connectivity index (χ0n) is 20.5. The van der Waals surface area contributed by atoms with Crippen LogP contribution in [0.1, 0.15) is 12.5 Å². The third-order valence-corrected chi connectivity index (χ3v) is 8.27. The number of benzene rings is 3. The van der Waals surface area contributed by atoms with Crippen molar-refractivity contribution in [2.24, 2.45) is 0 Å². The molecule has 0 aliphatic rings. The van der Waals surface area contributed by atoms with E-state index in [1.807, 2.05) is 0 Å². The molecule has 0 unspecified atom stereocenters. The molecule has 0 aromatic heterocycles. The van der Waals surface area contributed by atoms with E-state index in [0.717, 1.165) is 4.31 Å². The van der Waals surface area contributed by atoms with E-state index in [0.29, 0.717) is 21.4 Å². The van der Waals surface area contributed by atoms with Crippen molar-refractivity contribution in [1.29, 1.82) is 0 Å². The lowest BCUT2D eigenvalue weighted by atomic mass is 10.1. The first-order chi connectivity index (χ1) is 17.6. The van der Waals surface area contributed by atoms with Gasteiger partial charge in [-0.25, -0.2) is 8.42 Å². The Balaban J connectivity index is 2.04. The predicted octanol–water partition coefficient (Wildman–Crippen LogP) is 4.36. The van der Waals surface area contributed by atoms with Crippen LogP contribution in [0.3, 0.4) is 0 Å². The highest BCUT2D eigenvalue weighted by Gasteiger charge is 2.32. The number of amides is 2. The summed E-state index contributed by atoms with van der Waals surface area (Å²) in [5, 5.41) is 3.16. The van der Waals surface area contributed by atoms with Gasteiger partial charge in [0.05, 0.1) is 17.7 Å². The highest BCUT2D eigenvalue weighted by Crippen LogP contribution is 2.28. The van der Waals surface area contributed by atoms with Gasteiger partial charge < -0.3 is 15.0 Å². The zero-order valence-corrected chi connectivity index (χ0v) is 22.8. The van der Waals surface area contributed by atoms with Crippen molar-refractivity contribution < 1.29 is 22.7 Å². The van der Waals surface area contributed by atoms with Crippen molar-refractivity contribution in [3.05, 3.63) is 88.4 Å². The topological polar surface area (TPSA) is 96.0 Å². The number of rotatable bonds is 10. The summed E-state index contributed by atoms with van der Waals surface area (Å²) in [5.41, 5.74) is 0.731. The molecule has 0 spiro atoms. The number of ether oxygens (including phenoxy) is 1. The van der Waals surface area contributed by atoms with Crippen molar-refractivity contribution in [2.45, 2.75) is 24.4 Å². The average Bonchev–Trinajstić information content (AvgIpc) is 2.91. The van der Waals surface area contributed by atoms with E-state index in [1.165, 1.54) is 43.3 Å². The molecule has 3 aromatic carbocycles. The molecule has 0 aliphatic heterocycles. The van der Waals surface area contributed by atoms with Crippen molar-refractivity contribution in [3.63, 3.8) is 0 Å². The second kappa shape index (κ2) is 12.3. The van der Waals surface area contributed by atoms with Crippen LogP contribution >= 0.6 is 23.2 Å². The number of para-hydroxylation sites is 1. The molecule has 0 radical (unpaired) electrons. The predicted molar refractivity (Wildman–Crippen MR) is 145 cm³/mol. The van der Waals surface area contributed by atoms with Crippen molar-refractivity contribution in [1.82, 2.24) is 10.2 Å². The minimum atomic E-state index is -4.17. The summed E-state index contributed by atoms with van der Waals surface area (Å²) < 4.78 is 33.6. The highest BCUT2D eigenvalue weighted by molar-refractivity contribution is 7.92. The van der Waals surface area contributed by atoms with Gasteiger partial charge in [0.2, 0.25) is 11.8 Å². The molecule has 1 N–H and O–H groups in total. The molecule has 37 heavy (non-hydrogen) atoms. The highest BCUT2D eigenvalue weighted by atomic mass is 35.5. The van der Waals surface area contributed by atoms with Gasteiger partial charge in [-0.1, -0.05) is 47.5 Å². The Morgan fingerprint density at radius 1 is 0.946 bits per heavy atom. The van der Waals surface area contributed by atoms with Gasteiger partial charge in [-0.3, -0.25) is 13.9 Å². The van der Waals surface area contributed by atoms with Crippen LogP contribution in [0, 0.1) is 0 Å². The number of halogens is 2. The molecule has 0 saturated carbocycles. The first-order valence-electron chi connectivity index (χ1n) is 11.3. The van der Waals surface area contributed by atoms with Crippen molar-refractivity contribution >= 4 is 50.7 Å². The van der Waals surface area contributed by atoms with Crippen molar-refractivity contribution in [3.8, 4) is 5.75 Å². The van der Waals surface area contributed by atoms with E-state index < -0.39 is 34.4 Å². The summed E-state index contributed by atoms with van der Waals surface area (Å²) in [4.78, 5) is 27.5. The minimum absolute atomic E-state index is 0.0231. The standard InChI is InChI=1S/C26H27Cl2N3O5S/c1-18(26(33)29-2)30(16-22-23(27)10-7-11-24(22)28)25(32)17-31(19-8-5-4-6-9-19)37(34,35)21-14-12-20(36-3)13-15-21/h4-15,18H,16-17H2,1-3H3,(H,29,33)/t18-/m1/s1. The summed E-state index contributed by atoms with van der Waals surface area (Å²) in [6.45, 7) is 0.880. The van der Waals surface area contributed by atoms with Gasteiger partial charge in [0.25, 0.3) is 10.0 Å².